The molecule has 5 rings (SSSR count). The molecule has 5 heterocycles. The van der Waals surface area contributed by atoms with Gasteiger partial charge >= 0.3 is 19.8 Å². The zero-order chi connectivity index (χ0) is 29.3. The highest BCUT2D eigenvalue weighted by Gasteiger charge is 2.46. The lowest BCUT2D eigenvalue weighted by Gasteiger charge is -2.18. The number of urea groups is 1. The van der Waals surface area contributed by atoms with Gasteiger partial charge in [0.1, 0.15) is 23.8 Å². The van der Waals surface area contributed by atoms with Gasteiger partial charge < -0.3 is 35.8 Å². The molecule has 3 aliphatic heterocycles. The molecule has 2 amide bonds. The lowest BCUT2D eigenvalue weighted by atomic mass is 10.0. The summed E-state index contributed by atoms with van der Waals surface area (Å²) in [5.41, 5.74) is 14.6. The number of nitrogens with one attached hydrogen (secondary N) is 2. The number of phosphoric ester groups is 1. The standard InChI is InChI=1S/C20H27N10O9PS/c21-16-13-17(27-19(26-16)28-29-22)30(7-23-13)18-15(33)14(32)9(38-18)5-37-40(35,36)39-11(31)4-2-1-3-10-12-8(6-41-10)24-20(34)25-12/h7-10,12,14-15,18,32-33H,1-6H2,(H,35,36)(H2,21,26,27)(H2,24,25,34)/t8-,9+,10-,12-,14+,15+,18+/m0/s1. The molecule has 0 bridgehead atoms. The number of rotatable bonds is 11. The van der Waals surface area contributed by atoms with Gasteiger partial charge in [-0.15, -0.1) is 0 Å². The maximum absolute atomic E-state index is 12.3. The first-order chi connectivity index (χ1) is 19.6. The highest BCUT2D eigenvalue weighted by molar-refractivity contribution is 8.00. The highest BCUT2D eigenvalue weighted by Crippen LogP contribution is 2.45. The number of ether oxygens (including phenoxy) is 1. The maximum Gasteiger partial charge on any atom is 0.529 e. The molecule has 0 aromatic carbocycles. The average molecular weight is 615 g/mol. The van der Waals surface area contributed by atoms with Crippen LogP contribution in [0.4, 0.5) is 16.6 Å². The number of carbonyl (C=O) groups excluding carboxylic acids is 2. The minimum absolute atomic E-state index is 0.0375. The molecule has 0 radical (unpaired) electrons. The van der Waals surface area contributed by atoms with Crippen LogP contribution in [0.1, 0.15) is 31.9 Å². The fraction of sp³-hybridized carbons (Fsp3) is 0.650. The van der Waals surface area contributed by atoms with E-state index < -0.39 is 44.9 Å². The van der Waals surface area contributed by atoms with Crippen molar-refractivity contribution < 1.29 is 43.0 Å². The van der Waals surface area contributed by atoms with Crippen molar-refractivity contribution in [3.8, 4) is 0 Å². The third-order valence-electron chi connectivity index (χ3n) is 6.86. The number of nitrogens with two attached hydrogens (primary N) is 1. The number of carbonyl (C=O) groups is 2. The topological polar surface area (TPSA) is 282 Å². The van der Waals surface area contributed by atoms with Crippen LogP contribution in [0.5, 0.6) is 0 Å². The van der Waals surface area contributed by atoms with Gasteiger partial charge in [0, 0.05) is 22.3 Å². The lowest BCUT2D eigenvalue weighted by molar-refractivity contribution is -0.136. The number of amides is 2. The summed E-state index contributed by atoms with van der Waals surface area (Å²) in [6, 6.07) is -0.0301. The second-order valence-corrected chi connectivity index (χ2v) is 12.2. The number of unbranched alkanes of at least 4 members (excludes halogenated alkanes) is 1. The molecule has 1 unspecified atom stereocenters. The van der Waals surface area contributed by atoms with Crippen molar-refractivity contribution >= 4 is 54.5 Å². The van der Waals surface area contributed by atoms with Gasteiger partial charge in [-0.05, 0) is 23.5 Å². The van der Waals surface area contributed by atoms with E-state index in [1.807, 2.05) is 0 Å². The summed E-state index contributed by atoms with van der Waals surface area (Å²) >= 11 is 1.74. The van der Waals surface area contributed by atoms with Crippen LogP contribution in [0.2, 0.25) is 0 Å². The molecule has 3 saturated heterocycles. The van der Waals surface area contributed by atoms with E-state index in [2.05, 4.69) is 40.1 Å². The number of anilines is 1. The Kier molecular flexibility index (Phi) is 8.53. The fourth-order valence-electron chi connectivity index (χ4n) is 4.92. The number of nitrogen functional groups attached to an aromatic ring is 1. The van der Waals surface area contributed by atoms with Gasteiger partial charge in [0.15, 0.2) is 17.7 Å². The zero-order valence-corrected chi connectivity index (χ0v) is 22.9. The molecular weight excluding hydrogens is 587 g/mol. The number of imidazole rings is 1. The Bertz CT molecular complexity index is 1420. The largest absolute Gasteiger partial charge is 0.529 e. The number of azide groups is 1. The van der Waals surface area contributed by atoms with Crippen LogP contribution in [-0.2, 0) is 23.1 Å². The summed E-state index contributed by atoms with van der Waals surface area (Å²) in [6.07, 6.45) is -2.81. The number of nitrogens with zero attached hydrogens (tertiary/aromatic N) is 7. The summed E-state index contributed by atoms with van der Waals surface area (Å²) in [4.78, 5) is 48.1. The molecule has 3 fully saturated rings. The molecule has 21 heteroatoms. The fourth-order valence-corrected chi connectivity index (χ4v) is 7.20. The van der Waals surface area contributed by atoms with Gasteiger partial charge in [-0.25, -0.2) is 24.3 Å². The summed E-state index contributed by atoms with van der Waals surface area (Å²) < 4.78 is 28.7. The Morgan fingerprint density at radius 1 is 1.34 bits per heavy atom. The summed E-state index contributed by atoms with van der Waals surface area (Å²) in [7, 11) is -4.86. The molecule has 3 aliphatic rings. The Hall–Kier alpha value is -3.22. The van der Waals surface area contributed by atoms with Crippen LogP contribution >= 0.6 is 19.6 Å². The summed E-state index contributed by atoms with van der Waals surface area (Å²) in [5.74, 6) is -0.524. The Labute approximate surface area is 235 Å². The van der Waals surface area contributed by atoms with Gasteiger partial charge in [0.2, 0.25) is 5.95 Å². The van der Waals surface area contributed by atoms with Crippen LogP contribution in [0.25, 0.3) is 21.6 Å². The molecule has 19 nitrogen and oxygen atoms in total. The van der Waals surface area contributed by atoms with E-state index in [0.717, 1.165) is 12.2 Å². The van der Waals surface area contributed by atoms with E-state index in [1.54, 1.807) is 11.8 Å². The van der Waals surface area contributed by atoms with Gasteiger partial charge in [0.05, 0.1) is 25.0 Å². The van der Waals surface area contributed by atoms with E-state index in [4.69, 9.17) is 20.5 Å². The monoisotopic (exact) mass is 614 g/mol. The molecule has 7 N–H and O–H groups in total. The zero-order valence-electron chi connectivity index (χ0n) is 21.2. The predicted molar refractivity (Wildman–Crippen MR) is 140 cm³/mol. The molecule has 0 aliphatic carbocycles. The second-order valence-electron chi connectivity index (χ2n) is 9.56. The highest BCUT2D eigenvalue weighted by atomic mass is 32.2. The molecular formula is C20H27N10O9PS. The van der Waals surface area contributed by atoms with Crippen molar-refractivity contribution in [3.63, 3.8) is 0 Å². The number of hydrogen-bond acceptors (Lipinski definition) is 14. The first-order valence-corrected chi connectivity index (χ1v) is 15.1. The van der Waals surface area contributed by atoms with Crippen LogP contribution in [0.3, 0.4) is 0 Å². The molecule has 2 aromatic rings. The molecule has 41 heavy (non-hydrogen) atoms. The number of aromatic nitrogens is 4. The smallest absolute Gasteiger partial charge is 0.387 e. The summed E-state index contributed by atoms with van der Waals surface area (Å²) in [5, 5.41) is 30.3. The number of phosphoric acid groups is 1. The molecule has 0 saturated carbocycles. The quantitative estimate of drug-likeness (QED) is 0.0497. The predicted octanol–water partition coefficient (Wildman–Crippen LogP) is 0.355. The maximum atomic E-state index is 12.3. The van der Waals surface area contributed by atoms with Crippen molar-refractivity contribution in [2.45, 2.75) is 67.6 Å². The SMILES string of the molecule is [N-]=[N+]=Nc1nc(N)c2ncn([C@@H]3O[C@H](COP(=O)(O)OC(=O)CCCC[C@@H]4SC[C@@H]5NC(=O)N[C@@H]54)[C@@H](O)[C@H]3O)c2n1. The Morgan fingerprint density at radius 3 is 2.93 bits per heavy atom. The summed E-state index contributed by atoms with van der Waals surface area (Å²) in [6.45, 7) is -0.704. The Balaban J connectivity index is 1.10. The van der Waals surface area contributed by atoms with E-state index >= 15 is 0 Å². The van der Waals surface area contributed by atoms with Crippen molar-refractivity contribution in [1.82, 2.24) is 30.2 Å². The number of aliphatic hydroxyl groups excluding tert-OH is 2. The van der Waals surface area contributed by atoms with Gasteiger partial charge in [-0.3, -0.25) is 18.8 Å². The minimum atomic E-state index is -4.86. The lowest BCUT2D eigenvalue weighted by Crippen LogP contribution is -2.36. The van der Waals surface area contributed by atoms with Crippen LogP contribution in [0, 0.1) is 0 Å². The van der Waals surface area contributed by atoms with E-state index in [9.17, 15) is 29.3 Å². The minimum Gasteiger partial charge on any atom is -0.387 e. The van der Waals surface area contributed by atoms with Crippen LogP contribution in [0.15, 0.2) is 11.4 Å². The van der Waals surface area contributed by atoms with Gasteiger partial charge in [-0.1, -0.05) is 6.42 Å². The normalized spacial score (nSPS) is 30.3. The molecule has 8 atom stereocenters. The van der Waals surface area contributed by atoms with E-state index in [-0.39, 0.29) is 52.7 Å². The third kappa shape index (κ3) is 6.34. The average Bonchev–Trinajstić information content (AvgIpc) is 3.65. The third-order valence-corrected chi connectivity index (χ3v) is 9.28. The van der Waals surface area contributed by atoms with E-state index in [1.165, 1.54) is 10.9 Å². The molecule has 222 valence electrons. The van der Waals surface area contributed by atoms with Crippen molar-refractivity contribution in [2.24, 2.45) is 5.11 Å². The molecule has 0 spiro atoms. The van der Waals surface area contributed by atoms with Crippen molar-refractivity contribution in [3.05, 3.63) is 16.8 Å². The van der Waals surface area contributed by atoms with Crippen molar-refractivity contribution in [2.75, 3.05) is 18.1 Å². The molecule has 2 aromatic heterocycles. The van der Waals surface area contributed by atoms with E-state index in [0.29, 0.717) is 12.8 Å². The number of hydrogen-bond donors (Lipinski definition) is 6. The second kappa shape index (κ2) is 11.9. The number of fused-ring (bicyclic) bond motifs is 2. The number of thioether (sulfide) groups is 1. The van der Waals surface area contributed by atoms with Crippen molar-refractivity contribution in [1.29, 1.82) is 0 Å². The Morgan fingerprint density at radius 2 is 2.15 bits per heavy atom. The van der Waals surface area contributed by atoms with Gasteiger partial charge in [-0.2, -0.15) is 11.8 Å². The van der Waals surface area contributed by atoms with Crippen LogP contribution < -0.4 is 16.4 Å². The first kappa shape index (κ1) is 29.3. The number of aliphatic hydroxyl groups is 2. The van der Waals surface area contributed by atoms with Crippen LogP contribution in [-0.4, -0.2) is 94.6 Å². The first-order valence-electron chi connectivity index (χ1n) is 12.5. The van der Waals surface area contributed by atoms with Gasteiger partial charge in [0.25, 0.3) is 0 Å².